The summed E-state index contributed by atoms with van der Waals surface area (Å²) in [5.74, 6) is -0.847. The van der Waals surface area contributed by atoms with Crippen molar-refractivity contribution in [3.63, 3.8) is 0 Å². The molecule has 1 aromatic rings. The maximum absolute atomic E-state index is 12.2. The Morgan fingerprint density at radius 3 is 2.62 bits per heavy atom. The lowest BCUT2D eigenvalue weighted by Gasteiger charge is -2.19. The number of hydrogen-bond acceptors (Lipinski definition) is 4. The molecule has 0 atom stereocenters. The van der Waals surface area contributed by atoms with Gasteiger partial charge in [0, 0.05) is 19.7 Å². The van der Waals surface area contributed by atoms with Gasteiger partial charge in [-0.3, -0.25) is 4.72 Å². The maximum atomic E-state index is 12.2. The zero-order valence-corrected chi connectivity index (χ0v) is 13.1. The highest BCUT2D eigenvalue weighted by atomic mass is 32.2. The van der Waals surface area contributed by atoms with Gasteiger partial charge in [0.15, 0.2) is 0 Å². The molecule has 7 nitrogen and oxygen atoms in total. The molecule has 1 rings (SSSR count). The fourth-order valence-corrected chi connectivity index (χ4v) is 2.61. The number of rotatable bonds is 8. The monoisotopic (exact) mass is 316 g/mol. The van der Waals surface area contributed by atoms with Crippen LogP contribution < -0.4 is 9.46 Å². The third kappa shape index (κ3) is 4.61. The van der Waals surface area contributed by atoms with Crippen molar-refractivity contribution in [3.05, 3.63) is 23.8 Å². The summed E-state index contributed by atoms with van der Waals surface area (Å²) < 4.78 is 32.8. The van der Waals surface area contributed by atoms with E-state index >= 15 is 0 Å². The van der Waals surface area contributed by atoms with Crippen molar-refractivity contribution in [2.24, 2.45) is 0 Å². The molecule has 0 aliphatic heterocycles. The molecule has 0 aliphatic rings. The van der Waals surface area contributed by atoms with Gasteiger partial charge in [0.25, 0.3) is 0 Å². The molecule has 0 saturated heterocycles. The SMILES string of the molecule is CCCCN(C)S(=O)(=O)Nc1cc(OC)ccc1C(=O)O. The molecule has 0 spiro atoms. The Kier molecular flexibility index (Phi) is 5.98. The molecular formula is C13H20N2O5S. The van der Waals surface area contributed by atoms with Gasteiger partial charge in [0.2, 0.25) is 0 Å². The molecule has 118 valence electrons. The number of aromatic carboxylic acids is 1. The first-order valence-corrected chi connectivity index (χ1v) is 7.91. The van der Waals surface area contributed by atoms with Crippen molar-refractivity contribution >= 4 is 21.9 Å². The summed E-state index contributed by atoms with van der Waals surface area (Å²) in [5.41, 5.74) is -0.159. The van der Waals surface area contributed by atoms with Crippen LogP contribution in [0.15, 0.2) is 18.2 Å². The molecule has 2 N–H and O–H groups in total. The van der Waals surface area contributed by atoms with Gasteiger partial charge in [-0.1, -0.05) is 13.3 Å². The van der Waals surface area contributed by atoms with Gasteiger partial charge in [-0.25, -0.2) is 4.79 Å². The average molecular weight is 316 g/mol. The highest BCUT2D eigenvalue weighted by Gasteiger charge is 2.21. The number of anilines is 1. The number of carboxylic acids is 1. The molecule has 0 unspecified atom stereocenters. The topological polar surface area (TPSA) is 95.9 Å². The lowest BCUT2D eigenvalue weighted by atomic mass is 10.2. The van der Waals surface area contributed by atoms with E-state index < -0.39 is 16.2 Å². The third-order valence-corrected chi connectivity index (χ3v) is 4.41. The van der Waals surface area contributed by atoms with Crippen LogP contribution >= 0.6 is 0 Å². The number of hydrogen-bond donors (Lipinski definition) is 2. The maximum Gasteiger partial charge on any atom is 0.337 e. The van der Waals surface area contributed by atoms with Crippen LogP contribution in [0.4, 0.5) is 5.69 Å². The molecule has 0 amide bonds. The van der Waals surface area contributed by atoms with Gasteiger partial charge in [-0.15, -0.1) is 0 Å². The van der Waals surface area contributed by atoms with E-state index in [9.17, 15) is 13.2 Å². The van der Waals surface area contributed by atoms with Gasteiger partial charge in [0.05, 0.1) is 18.4 Å². The highest BCUT2D eigenvalue weighted by Crippen LogP contribution is 2.24. The van der Waals surface area contributed by atoms with Crippen LogP contribution in [-0.2, 0) is 10.2 Å². The van der Waals surface area contributed by atoms with Crippen LogP contribution in [0.2, 0.25) is 0 Å². The summed E-state index contributed by atoms with van der Waals surface area (Å²) >= 11 is 0. The fourth-order valence-electron chi connectivity index (χ4n) is 1.64. The van der Waals surface area contributed by atoms with Crippen LogP contribution in [0.25, 0.3) is 0 Å². The minimum absolute atomic E-state index is 0.0230. The van der Waals surface area contributed by atoms with Crippen LogP contribution in [0.3, 0.4) is 0 Å². The van der Waals surface area contributed by atoms with Crippen molar-refractivity contribution in [1.29, 1.82) is 0 Å². The van der Waals surface area contributed by atoms with Gasteiger partial charge in [-0.05, 0) is 18.6 Å². The van der Waals surface area contributed by atoms with E-state index in [1.54, 1.807) is 0 Å². The zero-order chi connectivity index (χ0) is 16.0. The number of methoxy groups -OCH3 is 1. The quantitative estimate of drug-likeness (QED) is 0.762. The Morgan fingerprint density at radius 1 is 1.43 bits per heavy atom. The number of ether oxygens (including phenoxy) is 1. The molecule has 0 fully saturated rings. The average Bonchev–Trinajstić information content (AvgIpc) is 2.43. The third-order valence-electron chi connectivity index (χ3n) is 2.93. The Hall–Kier alpha value is -1.80. The van der Waals surface area contributed by atoms with E-state index in [4.69, 9.17) is 9.84 Å². The first-order chi connectivity index (χ1) is 9.81. The molecule has 1 aromatic carbocycles. The molecular weight excluding hydrogens is 296 g/mol. The minimum Gasteiger partial charge on any atom is -0.497 e. The molecule has 21 heavy (non-hydrogen) atoms. The number of carbonyl (C=O) groups is 1. The summed E-state index contributed by atoms with van der Waals surface area (Å²) in [6.45, 7) is 2.32. The first-order valence-electron chi connectivity index (χ1n) is 6.47. The van der Waals surface area contributed by atoms with E-state index in [1.807, 2.05) is 6.92 Å². The van der Waals surface area contributed by atoms with Gasteiger partial charge >= 0.3 is 16.2 Å². The molecule has 0 aromatic heterocycles. The van der Waals surface area contributed by atoms with Crippen LogP contribution in [0.5, 0.6) is 5.75 Å². The van der Waals surface area contributed by atoms with Crippen molar-refractivity contribution in [2.75, 3.05) is 25.4 Å². The molecule has 0 heterocycles. The summed E-state index contributed by atoms with van der Waals surface area (Å²) in [5, 5.41) is 9.12. The predicted molar refractivity (Wildman–Crippen MR) is 80.0 cm³/mol. The normalized spacial score (nSPS) is 11.4. The largest absolute Gasteiger partial charge is 0.497 e. The second kappa shape index (κ2) is 7.28. The van der Waals surface area contributed by atoms with Crippen LogP contribution in [-0.4, -0.2) is 44.5 Å². The van der Waals surface area contributed by atoms with Crippen LogP contribution in [0.1, 0.15) is 30.1 Å². The molecule has 0 radical (unpaired) electrons. The van der Waals surface area contributed by atoms with Crippen molar-refractivity contribution < 1.29 is 23.1 Å². The van der Waals surface area contributed by atoms with E-state index in [1.165, 1.54) is 32.4 Å². The fraction of sp³-hybridized carbons (Fsp3) is 0.462. The summed E-state index contributed by atoms with van der Waals surface area (Å²) in [4.78, 5) is 11.2. The van der Waals surface area contributed by atoms with Crippen molar-refractivity contribution in [3.8, 4) is 5.75 Å². The number of unbranched alkanes of at least 4 members (excludes halogenated alkanes) is 1. The Labute approximate surface area is 124 Å². The van der Waals surface area contributed by atoms with Crippen LogP contribution in [0, 0.1) is 0 Å². The molecule has 8 heteroatoms. The minimum atomic E-state index is -3.80. The number of nitrogens with one attached hydrogen (secondary N) is 1. The smallest absolute Gasteiger partial charge is 0.337 e. The number of carboxylic acid groups (broad SMARTS) is 1. The summed E-state index contributed by atoms with van der Waals surface area (Å²) in [6, 6.07) is 4.10. The second-order valence-corrected chi connectivity index (χ2v) is 6.28. The molecule has 0 saturated carbocycles. The number of nitrogens with zero attached hydrogens (tertiary/aromatic N) is 1. The Balaban J connectivity index is 3.07. The predicted octanol–water partition coefficient (Wildman–Crippen LogP) is 1.78. The lowest BCUT2D eigenvalue weighted by Crippen LogP contribution is -2.33. The summed E-state index contributed by atoms with van der Waals surface area (Å²) in [6.07, 6.45) is 1.58. The van der Waals surface area contributed by atoms with E-state index in [-0.39, 0.29) is 11.3 Å². The second-order valence-electron chi connectivity index (χ2n) is 4.50. The molecule has 0 bridgehead atoms. The van der Waals surface area contributed by atoms with Gasteiger partial charge in [-0.2, -0.15) is 12.7 Å². The summed E-state index contributed by atoms with van der Waals surface area (Å²) in [7, 11) is -0.941. The van der Waals surface area contributed by atoms with E-state index in [0.29, 0.717) is 12.3 Å². The zero-order valence-electron chi connectivity index (χ0n) is 12.3. The Bertz CT molecular complexity index is 601. The first kappa shape index (κ1) is 17.3. The van der Waals surface area contributed by atoms with Gasteiger partial charge in [0.1, 0.15) is 5.75 Å². The number of benzene rings is 1. The standard InChI is InChI=1S/C13H20N2O5S/c1-4-5-8-15(2)21(18,19)14-12-9-10(20-3)6-7-11(12)13(16)17/h6-7,9,14H,4-5,8H2,1-3H3,(H,16,17). The van der Waals surface area contributed by atoms with E-state index in [2.05, 4.69) is 4.72 Å². The molecule has 0 aliphatic carbocycles. The Morgan fingerprint density at radius 2 is 2.10 bits per heavy atom. The van der Waals surface area contributed by atoms with E-state index in [0.717, 1.165) is 17.1 Å². The van der Waals surface area contributed by atoms with Crippen molar-refractivity contribution in [1.82, 2.24) is 4.31 Å². The van der Waals surface area contributed by atoms with Gasteiger partial charge < -0.3 is 9.84 Å². The highest BCUT2D eigenvalue weighted by molar-refractivity contribution is 7.90. The lowest BCUT2D eigenvalue weighted by molar-refractivity contribution is 0.0698. The van der Waals surface area contributed by atoms with Crippen molar-refractivity contribution in [2.45, 2.75) is 19.8 Å².